The van der Waals surface area contributed by atoms with Gasteiger partial charge in [-0.3, -0.25) is 0 Å². The highest BCUT2D eigenvalue weighted by Crippen LogP contribution is 2.38. The van der Waals surface area contributed by atoms with Gasteiger partial charge in [0, 0.05) is 18.0 Å². The molecule has 1 aliphatic heterocycles. The molecular formula is C17H16N2O3S. The minimum atomic E-state index is -0.950. The highest BCUT2D eigenvalue weighted by molar-refractivity contribution is 7.99. The molecule has 5 nitrogen and oxygen atoms in total. The van der Waals surface area contributed by atoms with E-state index < -0.39 is 5.97 Å². The molecule has 1 heterocycles. The molecule has 0 aromatic heterocycles. The molecule has 1 aliphatic rings. The van der Waals surface area contributed by atoms with Crippen molar-refractivity contribution in [3.8, 4) is 0 Å². The maximum absolute atomic E-state index is 12.5. The summed E-state index contributed by atoms with van der Waals surface area (Å²) in [5, 5.41) is 11.8. The first kappa shape index (κ1) is 15.4. The number of nitrogens with zero attached hydrogens (tertiary/aromatic N) is 1. The van der Waals surface area contributed by atoms with Crippen LogP contribution in [0.1, 0.15) is 21.3 Å². The summed E-state index contributed by atoms with van der Waals surface area (Å²) < 4.78 is 0. The Morgan fingerprint density at radius 3 is 2.43 bits per heavy atom. The predicted molar refractivity (Wildman–Crippen MR) is 90.8 cm³/mol. The van der Waals surface area contributed by atoms with Crippen molar-refractivity contribution in [3.63, 3.8) is 0 Å². The smallest absolute Gasteiger partial charge is 0.335 e. The Bertz CT molecular complexity index is 704. The van der Waals surface area contributed by atoms with Gasteiger partial charge >= 0.3 is 12.0 Å². The molecule has 2 aromatic carbocycles. The number of hydrogen-bond donors (Lipinski definition) is 2. The summed E-state index contributed by atoms with van der Waals surface area (Å²) in [5.74, 6) is -0.0950. The summed E-state index contributed by atoms with van der Waals surface area (Å²) in [7, 11) is 0. The maximum Gasteiger partial charge on any atom is 0.335 e. The molecule has 0 saturated carbocycles. The van der Waals surface area contributed by atoms with Crippen LogP contribution in [-0.4, -0.2) is 34.3 Å². The molecule has 1 atom stereocenters. The van der Waals surface area contributed by atoms with E-state index in [9.17, 15) is 9.59 Å². The van der Waals surface area contributed by atoms with Gasteiger partial charge < -0.3 is 15.3 Å². The topological polar surface area (TPSA) is 69.6 Å². The highest BCUT2D eigenvalue weighted by Gasteiger charge is 2.30. The van der Waals surface area contributed by atoms with Crippen molar-refractivity contribution in [2.24, 2.45) is 0 Å². The molecule has 0 radical (unpaired) electrons. The van der Waals surface area contributed by atoms with E-state index in [-0.39, 0.29) is 17.0 Å². The minimum absolute atomic E-state index is 0.0958. The summed E-state index contributed by atoms with van der Waals surface area (Å²) in [4.78, 5) is 25.2. The van der Waals surface area contributed by atoms with E-state index in [1.54, 1.807) is 40.9 Å². The van der Waals surface area contributed by atoms with Crippen LogP contribution in [-0.2, 0) is 0 Å². The van der Waals surface area contributed by atoms with E-state index in [2.05, 4.69) is 5.32 Å². The number of carboxylic acid groups (broad SMARTS) is 1. The number of para-hydroxylation sites is 1. The Labute approximate surface area is 138 Å². The zero-order chi connectivity index (χ0) is 16.2. The summed E-state index contributed by atoms with van der Waals surface area (Å²) in [6, 6.07) is 15.9. The Morgan fingerprint density at radius 1 is 1.09 bits per heavy atom. The van der Waals surface area contributed by atoms with Crippen molar-refractivity contribution in [1.29, 1.82) is 0 Å². The first-order chi connectivity index (χ1) is 11.1. The molecule has 2 aromatic rings. The number of hydrogen-bond acceptors (Lipinski definition) is 3. The summed E-state index contributed by atoms with van der Waals surface area (Å²) >= 11 is 1.67. The molecular weight excluding hydrogens is 312 g/mol. The van der Waals surface area contributed by atoms with Crippen LogP contribution in [0.5, 0.6) is 0 Å². The van der Waals surface area contributed by atoms with Gasteiger partial charge in [0.25, 0.3) is 0 Å². The normalized spacial score (nSPS) is 17.0. The molecule has 1 saturated heterocycles. The van der Waals surface area contributed by atoms with Crippen molar-refractivity contribution in [1.82, 2.24) is 4.90 Å². The third-order valence-electron chi connectivity index (χ3n) is 3.62. The highest BCUT2D eigenvalue weighted by atomic mass is 32.2. The van der Waals surface area contributed by atoms with Crippen molar-refractivity contribution in [2.45, 2.75) is 5.37 Å². The van der Waals surface area contributed by atoms with Crippen LogP contribution in [0.2, 0.25) is 0 Å². The summed E-state index contributed by atoms with van der Waals surface area (Å²) in [5.41, 5.74) is 1.94. The van der Waals surface area contributed by atoms with Gasteiger partial charge in [0.1, 0.15) is 5.37 Å². The lowest BCUT2D eigenvalue weighted by atomic mass is 10.1. The van der Waals surface area contributed by atoms with Crippen LogP contribution in [0.25, 0.3) is 0 Å². The largest absolute Gasteiger partial charge is 0.478 e. The monoisotopic (exact) mass is 328 g/mol. The van der Waals surface area contributed by atoms with Gasteiger partial charge in [-0.05, 0) is 29.8 Å². The minimum Gasteiger partial charge on any atom is -0.478 e. The van der Waals surface area contributed by atoms with Crippen molar-refractivity contribution in [2.75, 3.05) is 17.6 Å². The fourth-order valence-corrected chi connectivity index (χ4v) is 3.72. The number of rotatable bonds is 3. The van der Waals surface area contributed by atoms with E-state index in [0.717, 1.165) is 17.0 Å². The van der Waals surface area contributed by atoms with Gasteiger partial charge in [-0.2, -0.15) is 0 Å². The predicted octanol–water partition coefficient (Wildman–Crippen LogP) is 3.66. The van der Waals surface area contributed by atoms with E-state index in [4.69, 9.17) is 5.11 Å². The lowest BCUT2D eigenvalue weighted by molar-refractivity contribution is 0.0697. The average Bonchev–Trinajstić information content (AvgIpc) is 3.05. The number of aromatic carboxylic acids is 1. The number of thioether (sulfide) groups is 1. The SMILES string of the molecule is O=C(O)c1ccc([C@H]2SCCN2C(=O)Nc2ccccc2)cc1. The van der Waals surface area contributed by atoms with Gasteiger partial charge in [-0.15, -0.1) is 11.8 Å². The number of urea groups is 1. The number of amides is 2. The number of carbonyl (C=O) groups excluding carboxylic acids is 1. The van der Waals surface area contributed by atoms with Gasteiger partial charge in [-0.1, -0.05) is 30.3 Å². The zero-order valence-corrected chi connectivity index (χ0v) is 13.1. The Hall–Kier alpha value is -2.47. The van der Waals surface area contributed by atoms with Crippen LogP contribution >= 0.6 is 11.8 Å². The lowest BCUT2D eigenvalue weighted by Crippen LogP contribution is -2.34. The van der Waals surface area contributed by atoms with Crippen molar-refractivity contribution >= 4 is 29.4 Å². The number of carbonyl (C=O) groups is 2. The molecule has 2 N–H and O–H groups in total. The van der Waals surface area contributed by atoms with Crippen LogP contribution in [0.4, 0.5) is 10.5 Å². The fraction of sp³-hybridized carbons (Fsp3) is 0.176. The van der Waals surface area contributed by atoms with Crippen LogP contribution in [0, 0.1) is 0 Å². The van der Waals surface area contributed by atoms with Gasteiger partial charge in [-0.25, -0.2) is 9.59 Å². The Kier molecular flexibility index (Phi) is 4.52. The van der Waals surface area contributed by atoms with E-state index in [1.807, 2.05) is 30.3 Å². The molecule has 6 heteroatoms. The molecule has 0 spiro atoms. The Balaban J connectivity index is 1.74. The van der Waals surface area contributed by atoms with Crippen LogP contribution < -0.4 is 5.32 Å². The zero-order valence-electron chi connectivity index (χ0n) is 12.3. The standard InChI is InChI=1S/C17H16N2O3S/c20-16(21)13-8-6-12(7-9-13)15-19(10-11-23-15)17(22)18-14-4-2-1-3-5-14/h1-9,15H,10-11H2,(H,18,22)(H,20,21)/t15-/m1/s1. The first-order valence-electron chi connectivity index (χ1n) is 7.22. The second-order valence-corrected chi connectivity index (χ2v) is 6.33. The molecule has 0 unspecified atom stereocenters. The molecule has 0 bridgehead atoms. The molecule has 1 fully saturated rings. The third-order valence-corrected chi connectivity index (χ3v) is 4.88. The second-order valence-electron chi connectivity index (χ2n) is 5.14. The van der Waals surface area contributed by atoms with Gasteiger partial charge in [0.05, 0.1) is 5.56 Å². The molecule has 23 heavy (non-hydrogen) atoms. The molecule has 118 valence electrons. The number of anilines is 1. The number of nitrogens with one attached hydrogen (secondary N) is 1. The van der Waals surface area contributed by atoms with Crippen LogP contribution in [0.15, 0.2) is 54.6 Å². The summed E-state index contributed by atoms with van der Waals surface area (Å²) in [6.07, 6.45) is 0. The van der Waals surface area contributed by atoms with E-state index in [0.29, 0.717) is 6.54 Å². The van der Waals surface area contributed by atoms with E-state index >= 15 is 0 Å². The molecule has 2 amide bonds. The van der Waals surface area contributed by atoms with Gasteiger partial charge in [0.15, 0.2) is 0 Å². The molecule has 3 rings (SSSR count). The quantitative estimate of drug-likeness (QED) is 0.902. The summed E-state index contributed by atoms with van der Waals surface area (Å²) in [6.45, 7) is 0.661. The number of benzene rings is 2. The fourth-order valence-electron chi connectivity index (χ4n) is 2.46. The maximum atomic E-state index is 12.5. The van der Waals surface area contributed by atoms with Crippen molar-refractivity contribution in [3.05, 3.63) is 65.7 Å². The van der Waals surface area contributed by atoms with E-state index in [1.165, 1.54) is 0 Å². The third kappa shape index (κ3) is 3.48. The first-order valence-corrected chi connectivity index (χ1v) is 8.27. The Morgan fingerprint density at radius 2 is 1.78 bits per heavy atom. The van der Waals surface area contributed by atoms with Crippen molar-refractivity contribution < 1.29 is 14.7 Å². The molecule has 0 aliphatic carbocycles. The lowest BCUT2D eigenvalue weighted by Gasteiger charge is -2.24. The second kappa shape index (κ2) is 6.75. The van der Waals surface area contributed by atoms with Crippen LogP contribution in [0.3, 0.4) is 0 Å². The number of carboxylic acids is 1. The van der Waals surface area contributed by atoms with Gasteiger partial charge in [0.2, 0.25) is 0 Å². The average molecular weight is 328 g/mol.